The number of anilines is 6. The molecule has 0 amide bonds. The first-order valence-corrected chi connectivity index (χ1v) is 14.9. The van der Waals surface area contributed by atoms with Crippen molar-refractivity contribution in [2.24, 2.45) is 0 Å². The van der Waals surface area contributed by atoms with Gasteiger partial charge in [-0.05, 0) is 135 Å². The predicted molar refractivity (Wildman–Crippen MR) is 185 cm³/mol. The molecule has 0 N–H and O–H groups in total. The highest BCUT2D eigenvalue weighted by molar-refractivity contribution is 5.78. The van der Waals surface area contributed by atoms with Gasteiger partial charge in [-0.3, -0.25) is 0 Å². The SMILES string of the molecule is COc1ccc(N(c2ccc(C)cc2)c2ccc(Oc3ccc(N(c4ccc(C)cc4)c4ccc(OC)cc4)cc3)cc2)cc1. The van der Waals surface area contributed by atoms with Crippen molar-refractivity contribution in [3.63, 3.8) is 0 Å². The third-order valence-electron chi connectivity index (χ3n) is 7.67. The second-order valence-electron chi connectivity index (χ2n) is 10.8. The van der Waals surface area contributed by atoms with Gasteiger partial charge in [0.2, 0.25) is 0 Å². The lowest BCUT2D eigenvalue weighted by atomic mass is 10.1. The second kappa shape index (κ2) is 13.3. The minimum absolute atomic E-state index is 0.760. The monoisotopic (exact) mass is 592 g/mol. The van der Waals surface area contributed by atoms with Crippen molar-refractivity contribution in [2.75, 3.05) is 24.0 Å². The molecular formula is C40H36N2O3. The lowest BCUT2D eigenvalue weighted by Gasteiger charge is -2.26. The molecular weight excluding hydrogens is 556 g/mol. The highest BCUT2D eigenvalue weighted by atomic mass is 16.5. The van der Waals surface area contributed by atoms with Crippen LogP contribution in [0.3, 0.4) is 0 Å². The lowest BCUT2D eigenvalue weighted by Crippen LogP contribution is -2.10. The Hall–Kier alpha value is -5.68. The van der Waals surface area contributed by atoms with Crippen LogP contribution in [0.5, 0.6) is 23.0 Å². The van der Waals surface area contributed by atoms with Gasteiger partial charge in [-0.1, -0.05) is 35.4 Å². The van der Waals surface area contributed by atoms with Crippen molar-refractivity contribution in [3.8, 4) is 23.0 Å². The van der Waals surface area contributed by atoms with E-state index in [4.69, 9.17) is 14.2 Å². The fourth-order valence-electron chi connectivity index (χ4n) is 5.21. The molecule has 0 spiro atoms. The zero-order chi connectivity index (χ0) is 31.2. The Kier molecular flexibility index (Phi) is 8.70. The van der Waals surface area contributed by atoms with Crippen LogP contribution in [0.25, 0.3) is 0 Å². The molecule has 0 radical (unpaired) electrons. The smallest absolute Gasteiger partial charge is 0.127 e. The van der Waals surface area contributed by atoms with Crippen LogP contribution in [0, 0.1) is 13.8 Å². The highest BCUT2D eigenvalue weighted by Gasteiger charge is 2.15. The van der Waals surface area contributed by atoms with E-state index in [1.807, 2.05) is 48.5 Å². The Morgan fingerprint density at radius 1 is 0.311 bits per heavy atom. The summed E-state index contributed by atoms with van der Waals surface area (Å²) in [7, 11) is 3.36. The molecule has 6 rings (SSSR count). The number of hydrogen-bond acceptors (Lipinski definition) is 5. The van der Waals surface area contributed by atoms with Crippen LogP contribution in [0.4, 0.5) is 34.1 Å². The van der Waals surface area contributed by atoms with Gasteiger partial charge < -0.3 is 24.0 Å². The molecule has 0 saturated carbocycles. The van der Waals surface area contributed by atoms with E-state index in [0.29, 0.717) is 0 Å². The molecule has 6 aromatic carbocycles. The highest BCUT2D eigenvalue weighted by Crippen LogP contribution is 2.38. The van der Waals surface area contributed by atoms with Crippen molar-refractivity contribution in [1.29, 1.82) is 0 Å². The first-order chi connectivity index (χ1) is 22.0. The summed E-state index contributed by atoms with van der Waals surface area (Å²) < 4.78 is 17.1. The average molecular weight is 593 g/mol. The van der Waals surface area contributed by atoms with Crippen LogP contribution in [0.15, 0.2) is 146 Å². The van der Waals surface area contributed by atoms with Crippen molar-refractivity contribution < 1.29 is 14.2 Å². The molecule has 0 aliphatic carbocycles. The van der Waals surface area contributed by atoms with Gasteiger partial charge in [-0.15, -0.1) is 0 Å². The molecule has 0 heterocycles. The Morgan fingerprint density at radius 3 is 0.778 bits per heavy atom. The van der Waals surface area contributed by atoms with Crippen LogP contribution in [0.1, 0.15) is 11.1 Å². The number of nitrogens with zero attached hydrogens (tertiary/aromatic N) is 2. The number of hydrogen-bond donors (Lipinski definition) is 0. The quantitative estimate of drug-likeness (QED) is 0.158. The molecule has 0 atom stereocenters. The van der Waals surface area contributed by atoms with Gasteiger partial charge >= 0.3 is 0 Å². The summed E-state index contributed by atoms with van der Waals surface area (Å²) in [5, 5.41) is 0. The van der Waals surface area contributed by atoms with E-state index in [9.17, 15) is 0 Å². The molecule has 0 unspecified atom stereocenters. The van der Waals surface area contributed by atoms with Gasteiger partial charge in [-0.2, -0.15) is 0 Å². The maximum Gasteiger partial charge on any atom is 0.127 e. The minimum Gasteiger partial charge on any atom is -0.497 e. The zero-order valence-electron chi connectivity index (χ0n) is 26.0. The Bertz CT molecular complexity index is 1680. The fraction of sp³-hybridized carbons (Fsp3) is 0.100. The van der Waals surface area contributed by atoms with Gasteiger partial charge in [0, 0.05) is 34.1 Å². The largest absolute Gasteiger partial charge is 0.497 e. The molecule has 5 nitrogen and oxygen atoms in total. The van der Waals surface area contributed by atoms with E-state index < -0.39 is 0 Å². The Labute approximate surface area is 265 Å². The van der Waals surface area contributed by atoms with Gasteiger partial charge in [0.15, 0.2) is 0 Å². The van der Waals surface area contributed by atoms with E-state index in [1.165, 1.54) is 11.1 Å². The third-order valence-corrected chi connectivity index (χ3v) is 7.67. The summed E-state index contributed by atoms with van der Waals surface area (Å²) in [6.07, 6.45) is 0. The first kappa shape index (κ1) is 29.4. The van der Waals surface area contributed by atoms with Gasteiger partial charge in [-0.25, -0.2) is 0 Å². The number of benzene rings is 6. The Balaban J connectivity index is 1.24. The summed E-state index contributed by atoms with van der Waals surface area (Å²) in [5.41, 5.74) is 8.72. The molecule has 0 bridgehead atoms. The first-order valence-electron chi connectivity index (χ1n) is 14.9. The van der Waals surface area contributed by atoms with Crippen molar-refractivity contribution >= 4 is 34.1 Å². The summed E-state index contributed by atoms with van der Waals surface area (Å²) in [6, 6.07) is 49.6. The van der Waals surface area contributed by atoms with E-state index in [2.05, 4.69) is 121 Å². The molecule has 0 aromatic heterocycles. The van der Waals surface area contributed by atoms with Crippen molar-refractivity contribution in [3.05, 3.63) is 157 Å². The van der Waals surface area contributed by atoms with Crippen LogP contribution in [-0.4, -0.2) is 14.2 Å². The third kappa shape index (κ3) is 6.78. The number of methoxy groups -OCH3 is 2. The van der Waals surface area contributed by atoms with Gasteiger partial charge in [0.1, 0.15) is 23.0 Å². The summed E-state index contributed by atoms with van der Waals surface area (Å²) in [4.78, 5) is 4.44. The maximum absolute atomic E-state index is 6.29. The number of rotatable bonds is 10. The second-order valence-corrected chi connectivity index (χ2v) is 10.8. The standard InChI is InChI=1S/C40H36N2O3/c1-29-5-9-31(10-6-29)41(33-13-21-37(43-3)22-14-33)35-17-25-39(26-18-35)45-40-27-19-36(20-28-40)42(32-11-7-30(2)8-12-32)34-15-23-38(44-4)24-16-34/h5-28H,1-4H3. The number of ether oxygens (including phenoxy) is 3. The summed E-state index contributed by atoms with van der Waals surface area (Å²) in [5.74, 6) is 3.16. The van der Waals surface area contributed by atoms with E-state index in [0.717, 1.165) is 57.1 Å². The van der Waals surface area contributed by atoms with Crippen LogP contribution in [0.2, 0.25) is 0 Å². The van der Waals surface area contributed by atoms with Crippen molar-refractivity contribution in [1.82, 2.24) is 0 Å². The Morgan fingerprint density at radius 2 is 0.533 bits per heavy atom. The normalized spacial score (nSPS) is 10.7. The number of aryl methyl sites for hydroxylation is 2. The molecule has 0 aliphatic rings. The molecule has 0 saturated heterocycles. The summed E-state index contributed by atoms with van der Waals surface area (Å²) in [6.45, 7) is 4.19. The molecule has 0 fully saturated rings. The van der Waals surface area contributed by atoms with Crippen LogP contribution >= 0.6 is 0 Å². The molecule has 224 valence electrons. The molecule has 6 aromatic rings. The summed E-state index contributed by atoms with van der Waals surface area (Å²) >= 11 is 0. The molecule has 45 heavy (non-hydrogen) atoms. The minimum atomic E-state index is 0.760. The maximum atomic E-state index is 6.29. The van der Waals surface area contributed by atoms with E-state index in [-0.39, 0.29) is 0 Å². The average Bonchev–Trinajstić information content (AvgIpc) is 3.09. The topological polar surface area (TPSA) is 34.2 Å². The lowest BCUT2D eigenvalue weighted by molar-refractivity contribution is 0.414. The predicted octanol–water partition coefficient (Wildman–Crippen LogP) is 11.1. The van der Waals surface area contributed by atoms with Gasteiger partial charge in [0.05, 0.1) is 14.2 Å². The van der Waals surface area contributed by atoms with E-state index in [1.54, 1.807) is 14.2 Å². The molecule has 5 heteroatoms. The molecule has 0 aliphatic heterocycles. The van der Waals surface area contributed by atoms with Crippen molar-refractivity contribution in [2.45, 2.75) is 13.8 Å². The van der Waals surface area contributed by atoms with E-state index >= 15 is 0 Å². The van der Waals surface area contributed by atoms with Crippen LogP contribution in [-0.2, 0) is 0 Å². The fourth-order valence-corrected chi connectivity index (χ4v) is 5.21. The van der Waals surface area contributed by atoms with Crippen LogP contribution < -0.4 is 24.0 Å². The van der Waals surface area contributed by atoms with Gasteiger partial charge in [0.25, 0.3) is 0 Å². The zero-order valence-corrected chi connectivity index (χ0v) is 26.0.